The average Bonchev–Trinajstić information content (AvgIpc) is 3.12. The standard InChI is InChI=1S/C22H32FN3O5/c1-21(2)14-31-15-26(21)19(27)12-25-7-5-22(23,6-8-25)13-24-20(28)16-9-17(29-3)11-18(10-16)30-4/h9-11H,5-8,12-15H2,1-4H3,(H,24,28). The number of carbonyl (C=O) groups is 2. The number of nitrogens with one attached hydrogen (secondary N) is 1. The van der Waals surface area contributed by atoms with Gasteiger partial charge in [0.2, 0.25) is 5.91 Å². The summed E-state index contributed by atoms with van der Waals surface area (Å²) in [4.78, 5) is 28.8. The molecule has 9 heteroatoms. The third-order valence-electron chi connectivity index (χ3n) is 6.00. The number of methoxy groups -OCH3 is 2. The fourth-order valence-corrected chi connectivity index (χ4v) is 3.89. The van der Waals surface area contributed by atoms with Crippen LogP contribution in [0.3, 0.4) is 0 Å². The molecule has 0 radical (unpaired) electrons. The van der Waals surface area contributed by atoms with Crippen molar-refractivity contribution in [1.82, 2.24) is 15.1 Å². The molecule has 2 aliphatic rings. The van der Waals surface area contributed by atoms with Gasteiger partial charge in [-0.1, -0.05) is 0 Å². The van der Waals surface area contributed by atoms with Crippen LogP contribution in [0.1, 0.15) is 37.0 Å². The molecule has 0 unspecified atom stereocenters. The van der Waals surface area contributed by atoms with Crippen molar-refractivity contribution in [3.8, 4) is 11.5 Å². The molecule has 0 aliphatic carbocycles. The van der Waals surface area contributed by atoms with E-state index in [1.807, 2.05) is 18.7 Å². The molecule has 0 atom stereocenters. The van der Waals surface area contributed by atoms with Gasteiger partial charge in [-0.25, -0.2) is 4.39 Å². The minimum Gasteiger partial charge on any atom is -0.497 e. The van der Waals surface area contributed by atoms with Crippen LogP contribution < -0.4 is 14.8 Å². The largest absolute Gasteiger partial charge is 0.497 e. The number of benzene rings is 1. The lowest BCUT2D eigenvalue weighted by molar-refractivity contribution is -0.137. The molecule has 2 heterocycles. The SMILES string of the molecule is COc1cc(OC)cc(C(=O)NCC2(F)CCN(CC(=O)N3COCC3(C)C)CC2)c1. The number of nitrogens with zero attached hydrogens (tertiary/aromatic N) is 2. The number of rotatable bonds is 7. The smallest absolute Gasteiger partial charge is 0.251 e. The van der Waals surface area contributed by atoms with Gasteiger partial charge in [0.25, 0.3) is 5.91 Å². The second-order valence-electron chi connectivity index (χ2n) is 8.82. The number of hydrogen-bond donors (Lipinski definition) is 1. The summed E-state index contributed by atoms with van der Waals surface area (Å²) in [5.41, 5.74) is -1.48. The summed E-state index contributed by atoms with van der Waals surface area (Å²) in [6.07, 6.45) is 0.504. The molecule has 2 aliphatic heterocycles. The Balaban J connectivity index is 1.49. The molecule has 0 saturated carbocycles. The summed E-state index contributed by atoms with van der Waals surface area (Å²) in [5, 5.41) is 2.69. The third-order valence-corrected chi connectivity index (χ3v) is 6.00. The zero-order valence-electron chi connectivity index (χ0n) is 18.7. The Kier molecular flexibility index (Phi) is 7.06. The molecule has 2 amide bonds. The maximum atomic E-state index is 15.3. The fraction of sp³-hybridized carbons (Fsp3) is 0.636. The average molecular weight is 438 g/mol. The number of halogens is 1. The first-order valence-electron chi connectivity index (χ1n) is 10.5. The highest BCUT2D eigenvalue weighted by molar-refractivity contribution is 5.95. The van der Waals surface area contributed by atoms with Gasteiger partial charge in [-0.2, -0.15) is 0 Å². The summed E-state index contributed by atoms with van der Waals surface area (Å²) in [6, 6.07) is 4.83. The van der Waals surface area contributed by atoms with Gasteiger partial charge in [-0.3, -0.25) is 14.5 Å². The minimum absolute atomic E-state index is 0.00543. The fourth-order valence-electron chi connectivity index (χ4n) is 3.89. The zero-order chi connectivity index (χ0) is 22.6. The molecule has 1 aromatic rings. The highest BCUT2D eigenvalue weighted by Gasteiger charge is 2.39. The maximum absolute atomic E-state index is 15.3. The van der Waals surface area contributed by atoms with Gasteiger partial charge < -0.3 is 24.4 Å². The van der Waals surface area contributed by atoms with E-state index in [0.717, 1.165) is 0 Å². The molecule has 31 heavy (non-hydrogen) atoms. The first-order chi connectivity index (χ1) is 14.7. The van der Waals surface area contributed by atoms with E-state index >= 15 is 4.39 Å². The highest BCUT2D eigenvalue weighted by Crippen LogP contribution is 2.28. The Morgan fingerprint density at radius 3 is 2.26 bits per heavy atom. The third kappa shape index (κ3) is 5.65. The Labute approximate surface area is 182 Å². The first-order valence-corrected chi connectivity index (χ1v) is 10.5. The molecule has 0 bridgehead atoms. The number of piperidine rings is 1. The lowest BCUT2D eigenvalue weighted by atomic mass is 9.93. The van der Waals surface area contributed by atoms with Gasteiger partial charge in [0.1, 0.15) is 23.9 Å². The molecule has 1 N–H and O–H groups in total. The summed E-state index contributed by atoms with van der Waals surface area (Å²) < 4.78 is 31.0. The molecular formula is C22H32FN3O5. The Morgan fingerprint density at radius 1 is 1.13 bits per heavy atom. The van der Waals surface area contributed by atoms with E-state index in [-0.39, 0.29) is 43.3 Å². The summed E-state index contributed by atoms with van der Waals surface area (Å²) in [6.45, 7) is 5.85. The number of alkyl halides is 1. The van der Waals surface area contributed by atoms with Crippen LogP contribution >= 0.6 is 0 Å². The summed E-state index contributed by atoms with van der Waals surface area (Å²) in [5.74, 6) is 0.588. The molecule has 2 saturated heterocycles. The predicted molar refractivity (Wildman–Crippen MR) is 113 cm³/mol. The van der Waals surface area contributed by atoms with Crippen molar-refractivity contribution in [3.05, 3.63) is 23.8 Å². The number of amides is 2. The Hall–Kier alpha value is -2.39. The van der Waals surface area contributed by atoms with E-state index < -0.39 is 5.67 Å². The van der Waals surface area contributed by atoms with Gasteiger partial charge in [0, 0.05) is 24.7 Å². The van der Waals surface area contributed by atoms with Gasteiger partial charge >= 0.3 is 0 Å². The molecular weight excluding hydrogens is 405 g/mol. The lowest BCUT2D eigenvalue weighted by Crippen LogP contribution is -2.52. The molecule has 1 aromatic carbocycles. The van der Waals surface area contributed by atoms with Crippen molar-refractivity contribution in [2.45, 2.75) is 37.9 Å². The van der Waals surface area contributed by atoms with Crippen LogP contribution in [0.2, 0.25) is 0 Å². The van der Waals surface area contributed by atoms with Crippen molar-refractivity contribution < 1.29 is 28.2 Å². The number of carbonyl (C=O) groups excluding carboxylic acids is 2. The molecule has 8 nitrogen and oxygen atoms in total. The lowest BCUT2D eigenvalue weighted by Gasteiger charge is -2.37. The van der Waals surface area contributed by atoms with Crippen LogP contribution in [-0.4, -0.2) is 86.6 Å². The van der Waals surface area contributed by atoms with Crippen molar-refractivity contribution in [2.24, 2.45) is 0 Å². The van der Waals surface area contributed by atoms with E-state index in [0.29, 0.717) is 43.5 Å². The topological polar surface area (TPSA) is 80.3 Å². The maximum Gasteiger partial charge on any atom is 0.251 e. The van der Waals surface area contributed by atoms with E-state index in [1.54, 1.807) is 23.1 Å². The summed E-state index contributed by atoms with van der Waals surface area (Å²) in [7, 11) is 3.01. The summed E-state index contributed by atoms with van der Waals surface area (Å²) >= 11 is 0. The van der Waals surface area contributed by atoms with E-state index in [4.69, 9.17) is 14.2 Å². The number of likely N-dealkylation sites (tertiary alicyclic amines) is 1. The van der Waals surface area contributed by atoms with Crippen molar-refractivity contribution >= 4 is 11.8 Å². The van der Waals surface area contributed by atoms with Gasteiger partial charge in [-0.05, 0) is 38.8 Å². The Bertz CT molecular complexity index is 786. The monoisotopic (exact) mass is 437 g/mol. The van der Waals surface area contributed by atoms with Crippen LogP contribution in [0.25, 0.3) is 0 Å². The number of hydrogen-bond acceptors (Lipinski definition) is 6. The molecule has 172 valence electrons. The highest BCUT2D eigenvalue weighted by atomic mass is 19.1. The second-order valence-corrected chi connectivity index (χ2v) is 8.82. The van der Waals surface area contributed by atoms with Crippen LogP contribution in [0.5, 0.6) is 11.5 Å². The van der Waals surface area contributed by atoms with Gasteiger partial charge in [0.05, 0.1) is 39.5 Å². The molecule has 3 rings (SSSR count). The molecule has 0 spiro atoms. The normalized spacial score (nSPS) is 20.4. The zero-order valence-corrected chi connectivity index (χ0v) is 18.7. The van der Waals surface area contributed by atoms with E-state index in [9.17, 15) is 9.59 Å². The minimum atomic E-state index is -1.51. The Morgan fingerprint density at radius 2 is 1.74 bits per heavy atom. The first kappa shape index (κ1) is 23.3. The van der Waals surface area contributed by atoms with Crippen LogP contribution in [-0.2, 0) is 9.53 Å². The quantitative estimate of drug-likeness (QED) is 0.701. The van der Waals surface area contributed by atoms with E-state index in [1.165, 1.54) is 14.2 Å². The van der Waals surface area contributed by atoms with Gasteiger partial charge in [0.15, 0.2) is 0 Å². The van der Waals surface area contributed by atoms with Crippen LogP contribution in [0.15, 0.2) is 18.2 Å². The second kappa shape index (κ2) is 9.40. The number of ether oxygens (including phenoxy) is 3. The molecule has 0 aromatic heterocycles. The predicted octanol–water partition coefficient (Wildman–Crippen LogP) is 1.83. The van der Waals surface area contributed by atoms with Crippen molar-refractivity contribution in [2.75, 3.05) is 53.7 Å². The van der Waals surface area contributed by atoms with Crippen LogP contribution in [0.4, 0.5) is 4.39 Å². The van der Waals surface area contributed by atoms with Crippen molar-refractivity contribution in [1.29, 1.82) is 0 Å². The molecule has 2 fully saturated rings. The van der Waals surface area contributed by atoms with E-state index in [2.05, 4.69) is 5.32 Å². The van der Waals surface area contributed by atoms with Crippen LogP contribution in [0, 0.1) is 0 Å². The van der Waals surface area contributed by atoms with Crippen molar-refractivity contribution in [3.63, 3.8) is 0 Å². The van der Waals surface area contributed by atoms with Gasteiger partial charge in [-0.15, -0.1) is 0 Å².